The Labute approximate surface area is 144 Å². The van der Waals surface area contributed by atoms with Gasteiger partial charge in [0, 0.05) is 37.5 Å². The summed E-state index contributed by atoms with van der Waals surface area (Å²) in [5, 5.41) is 13.9. The maximum atomic E-state index is 12.4. The normalized spacial score (nSPS) is 12.4. The smallest absolute Gasteiger partial charge is 0.293 e. The van der Waals surface area contributed by atoms with Crippen molar-refractivity contribution in [1.82, 2.24) is 0 Å². The summed E-state index contributed by atoms with van der Waals surface area (Å²) in [6, 6.07) is 9.43. The van der Waals surface area contributed by atoms with Crippen LogP contribution in [-0.2, 0) is 0 Å². The van der Waals surface area contributed by atoms with Gasteiger partial charge in [-0.2, -0.15) is 0 Å². The van der Waals surface area contributed by atoms with Crippen molar-refractivity contribution in [2.45, 2.75) is 0 Å². The molecule has 0 spiro atoms. The number of carbonyl (C=O) groups excluding carboxylic acids is 1. The number of carbonyl (C=O) groups is 1. The van der Waals surface area contributed by atoms with Crippen molar-refractivity contribution in [3.05, 3.63) is 52.1 Å². The number of hydrogen-bond donors (Lipinski definition) is 1. The average molecular weight is 343 g/mol. The fourth-order valence-corrected chi connectivity index (χ4v) is 2.51. The summed E-state index contributed by atoms with van der Waals surface area (Å²) in [5.41, 5.74) is 1.03. The number of anilines is 2. The van der Waals surface area contributed by atoms with E-state index in [2.05, 4.69) is 5.32 Å². The van der Waals surface area contributed by atoms with Gasteiger partial charge in [-0.3, -0.25) is 14.9 Å². The molecule has 1 amide bonds. The molecular formula is C17H17N3O5. The Balaban J connectivity index is 1.84. The first-order valence-electron chi connectivity index (χ1n) is 7.62. The minimum Gasteiger partial charge on any atom is -0.486 e. The molecule has 8 heteroatoms. The number of rotatable bonds is 4. The highest BCUT2D eigenvalue weighted by atomic mass is 16.6. The minimum absolute atomic E-state index is 0.125. The molecule has 1 N–H and O–H groups in total. The lowest BCUT2D eigenvalue weighted by atomic mass is 10.1. The molecule has 0 atom stereocenters. The van der Waals surface area contributed by atoms with Gasteiger partial charge < -0.3 is 19.7 Å². The highest BCUT2D eigenvalue weighted by Crippen LogP contribution is 2.33. The molecule has 3 rings (SSSR count). The SMILES string of the molecule is CN(C)c1ccc(C(=O)Nc2ccc3c(c2)OCCO3)cc1[N+](=O)[O-]. The Hall–Kier alpha value is -3.29. The van der Waals surface area contributed by atoms with Crippen LogP contribution in [0.15, 0.2) is 36.4 Å². The molecule has 0 bridgehead atoms. The van der Waals surface area contributed by atoms with Gasteiger partial charge in [0.05, 0.1) is 4.92 Å². The number of amides is 1. The second-order valence-electron chi connectivity index (χ2n) is 5.67. The molecule has 0 saturated heterocycles. The van der Waals surface area contributed by atoms with Crippen molar-refractivity contribution in [3.8, 4) is 11.5 Å². The van der Waals surface area contributed by atoms with Gasteiger partial charge in [-0.15, -0.1) is 0 Å². The molecule has 130 valence electrons. The fraction of sp³-hybridized carbons (Fsp3) is 0.235. The predicted octanol–water partition coefficient (Wildman–Crippen LogP) is 2.68. The van der Waals surface area contributed by atoms with Crippen LogP contribution in [-0.4, -0.2) is 38.1 Å². The molecule has 0 unspecified atom stereocenters. The number of benzene rings is 2. The second kappa shape index (κ2) is 6.68. The van der Waals surface area contributed by atoms with Crippen LogP contribution in [0.2, 0.25) is 0 Å². The van der Waals surface area contributed by atoms with E-state index in [-0.39, 0.29) is 11.3 Å². The van der Waals surface area contributed by atoms with Gasteiger partial charge in [0.1, 0.15) is 18.9 Å². The number of nitrogens with one attached hydrogen (secondary N) is 1. The van der Waals surface area contributed by atoms with Crippen LogP contribution in [0.5, 0.6) is 11.5 Å². The van der Waals surface area contributed by atoms with E-state index in [9.17, 15) is 14.9 Å². The van der Waals surface area contributed by atoms with E-state index in [1.165, 1.54) is 6.07 Å². The molecule has 0 aliphatic carbocycles. The van der Waals surface area contributed by atoms with Gasteiger partial charge >= 0.3 is 0 Å². The first-order chi connectivity index (χ1) is 12.0. The quantitative estimate of drug-likeness (QED) is 0.677. The molecule has 1 aliphatic rings. The van der Waals surface area contributed by atoms with Crippen LogP contribution in [0.25, 0.3) is 0 Å². The summed E-state index contributed by atoms with van der Waals surface area (Å²) in [4.78, 5) is 24.8. The van der Waals surface area contributed by atoms with E-state index < -0.39 is 10.8 Å². The van der Waals surface area contributed by atoms with Crippen molar-refractivity contribution in [1.29, 1.82) is 0 Å². The van der Waals surface area contributed by atoms with Crippen molar-refractivity contribution < 1.29 is 19.2 Å². The highest BCUT2D eigenvalue weighted by Gasteiger charge is 2.19. The molecule has 2 aromatic rings. The lowest BCUT2D eigenvalue weighted by molar-refractivity contribution is -0.384. The standard InChI is InChI=1S/C17H17N3O5/c1-19(2)13-5-3-11(9-14(13)20(22)23)17(21)18-12-4-6-15-16(10-12)25-8-7-24-15/h3-6,9-10H,7-8H2,1-2H3,(H,18,21). The van der Waals surface area contributed by atoms with E-state index in [1.54, 1.807) is 49.3 Å². The predicted molar refractivity (Wildman–Crippen MR) is 92.8 cm³/mol. The molecule has 25 heavy (non-hydrogen) atoms. The van der Waals surface area contributed by atoms with Crippen LogP contribution >= 0.6 is 0 Å². The zero-order valence-corrected chi connectivity index (χ0v) is 13.8. The summed E-state index contributed by atoms with van der Waals surface area (Å²) in [6.45, 7) is 0.934. The Kier molecular flexibility index (Phi) is 4.42. The number of nitro groups is 1. The van der Waals surface area contributed by atoms with E-state index in [0.717, 1.165) is 0 Å². The Bertz CT molecular complexity index is 835. The maximum absolute atomic E-state index is 12.4. The molecule has 1 heterocycles. The summed E-state index contributed by atoms with van der Waals surface area (Å²) < 4.78 is 10.9. The number of nitrogens with zero attached hydrogens (tertiary/aromatic N) is 2. The van der Waals surface area contributed by atoms with Crippen LogP contribution < -0.4 is 19.7 Å². The van der Waals surface area contributed by atoms with Gasteiger partial charge in [-0.05, 0) is 24.3 Å². The Morgan fingerprint density at radius 3 is 2.52 bits per heavy atom. The number of nitro benzene ring substituents is 1. The second-order valence-corrected chi connectivity index (χ2v) is 5.67. The van der Waals surface area contributed by atoms with Gasteiger partial charge in [0.25, 0.3) is 11.6 Å². The zero-order valence-electron chi connectivity index (χ0n) is 13.8. The molecule has 2 aromatic carbocycles. The molecule has 0 radical (unpaired) electrons. The van der Waals surface area contributed by atoms with E-state index in [4.69, 9.17) is 9.47 Å². The number of ether oxygens (including phenoxy) is 2. The largest absolute Gasteiger partial charge is 0.486 e. The number of fused-ring (bicyclic) bond motifs is 1. The third-order valence-electron chi connectivity index (χ3n) is 3.72. The average Bonchev–Trinajstić information content (AvgIpc) is 2.60. The maximum Gasteiger partial charge on any atom is 0.293 e. The number of hydrogen-bond acceptors (Lipinski definition) is 6. The lowest BCUT2D eigenvalue weighted by Gasteiger charge is -2.19. The monoisotopic (exact) mass is 343 g/mol. The summed E-state index contributed by atoms with van der Waals surface area (Å²) in [7, 11) is 3.41. The Morgan fingerprint density at radius 1 is 1.12 bits per heavy atom. The lowest BCUT2D eigenvalue weighted by Crippen LogP contribution is -2.17. The first kappa shape index (κ1) is 16.6. The molecule has 0 saturated carbocycles. The van der Waals surface area contributed by atoms with Crippen LogP contribution in [0, 0.1) is 10.1 Å². The highest BCUT2D eigenvalue weighted by molar-refractivity contribution is 6.05. The molecule has 0 aromatic heterocycles. The Morgan fingerprint density at radius 2 is 1.84 bits per heavy atom. The van der Waals surface area contributed by atoms with E-state index >= 15 is 0 Å². The summed E-state index contributed by atoms with van der Waals surface area (Å²) in [6.07, 6.45) is 0. The molecule has 0 fully saturated rings. The topological polar surface area (TPSA) is 93.9 Å². The van der Waals surface area contributed by atoms with Crippen LogP contribution in [0.4, 0.5) is 17.1 Å². The third kappa shape index (κ3) is 3.47. The van der Waals surface area contributed by atoms with Crippen molar-refractivity contribution in [2.24, 2.45) is 0 Å². The van der Waals surface area contributed by atoms with Crippen molar-refractivity contribution >= 4 is 23.0 Å². The fourth-order valence-electron chi connectivity index (χ4n) is 2.51. The van der Waals surface area contributed by atoms with Crippen molar-refractivity contribution in [3.63, 3.8) is 0 Å². The van der Waals surface area contributed by atoms with Crippen LogP contribution in [0.3, 0.4) is 0 Å². The third-order valence-corrected chi connectivity index (χ3v) is 3.72. The minimum atomic E-state index is -0.504. The van der Waals surface area contributed by atoms with Gasteiger partial charge in [-0.1, -0.05) is 0 Å². The zero-order chi connectivity index (χ0) is 18.0. The summed E-state index contributed by atoms with van der Waals surface area (Å²) >= 11 is 0. The van der Waals surface area contributed by atoms with E-state index in [0.29, 0.717) is 36.1 Å². The molecule has 1 aliphatic heterocycles. The van der Waals surface area contributed by atoms with Crippen LogP contribution in [0.1, 0.15) is 10.4 Å². The first-order valence-corrected chi connectivity index (χ1v) is 7.62. The van der Waals surface area contributed by atoms with Gasteiger partial charge in [-0.25, -0.2) is 0 Å². The van der Waals surface area contributed by atoms with Gasteiger partial charge in [0.15, 0.2) is 11.5 Å². The van der Waals surface area contributed by atoms with E-state index in [1.807, 2.05) is 0 Å². The molecule has 8 nitrogen and oxygen atoms in total. The summed E-state index contributed by atoms with van der Waals surface area (Å²) in [5.74, 6) is 0.735. The van der Waals surface area contributed by atoms with Gasteiger partial charge in [0.2, 0.25) is 0 Å². The van der Waals surface area contributed by atoms with Crippen molar-refractivity contribution in [2.75, 3.05) is 37.5 Å². The molecular weight excluding hydrogens is 326 g/mol.